The molecule has 4 heteroatoms. The maximum Gasteiger partial charge on any atom is 0.122 e. The normalized spacial score (nSPS) is 17.2. The van der Waals surface area contributed by atoms with Crippen LogP contribution in [-0.2, 0) is 6.54 Å². The van der Waals surface area contributed by atoms with E-state index < -0.39 is 0 Å². The predicted octanol–water partition coefficient (Wildman–Crippen LogP) is 2.67. The van der Waals surface area contributed by atoms with Crippen LogP contribution >= 0.6 is 0 Å². The number of methoxy groups -OCH3 is 2. The number of rotatable bonds is 6. The molecule has 1 heterocycles. The number of hydrogen-bond acceptors (Lipinski definition) is 4. The van der Waals surface area contributed by atoms with Gasteiger partial charge in [0.2, 0.25) is 0 Å². The van der Waals surface area contributed by atoms with Gasteiger partial charge in [-0.2, -0.15) is 0 Å². The van der Waals surface area contributed by atoms with E-state index in [1.807, 2.05) is 6.07 Å². The minimum absolute atomic E-state index is 0.609. The van der Waals surface area contributed by atoms with Gasteiger partial charge >= 0.3 is 0 Å². The van der Waals surface area contributed by atoms with Crippen molar-refractivity contribution in [3.8, 4) is 11.5 Å². The Balaban J connectivity index is 1.86. The quantitative estimate of drug-likeness (QED) is 0.874. The molecule has 1 fully saturated rings. The van der Waals surface area contributed by atoms with E-state index in [1.165, 1.54) is 31.5 Å². The zero-order valence-corrected chi connectivity index (χ0v) is 13.7. The van der Waals surface area contributed by atoms with Crippen LogP contribution < -0.4 is 14.8 Å². The number of hydrogen-bond donors (Lipinski definition) is 1. The fourth-order valence-electron chi connectivity index (χ4n) is 2.85. The minimum Gasteiger partial charge on any atom is -0.497 e. The van der Waals surface area contributed by atoms with E-state index in [4.69, 9.17) is 9.47 Å². The first-order chi connectivity index (χ1) is 10.1. The topological polar surface area (TPSA) is 33.7 Å². The van der Waals surface area contributed by atoms with Crippen molar-refractivity contribution in [2.75, 3.05) is 27.3 Å². The first kappa shape index (κ1) is 16.1. The molecule has 1 aromatic carbocycles. The van der Waals surface area contributed by atoms with Gasteiger partial charge in [0.05, 0.1) is 14.2 Å². The second-order valence-electron chi connectivity index (χ2n) is 6.01. The lowest BCUT2D eigenvalue weighted by atomic mass is 10.0. The molecule has 1 aromatic rings. The molecule has 0 saturated carbocycles. The molecular weight excluding hydrogens is 264 g/mol. The molecule has 0 aromatic heterocycles. The number of piperidine rings is 1. The third-order valence-electron chi connectivity index (χ3n) is 4.27. The van der Waals surface area contributed by atoms with Crippen LogP contribution in [0.2, 0.25) is 0 Å². The molecule has 0 aliphatic carbocycles. The Kier molecular flexibility index (Phi) is 5.88. The molecule has 0 spiro atoms. The van der Waals surface area contributed by atoms with Gasteiger partial charge in [-0.1, -0.05) is 0 Å². The summed E-state index contributed by atoms with van der Waals surface area (Å²) < 4.78 is 10.6. The average molecular weight is 292 g/mol. The van der Waals surface area contributed by atoms with Crippen molar-refractivity contribution in [1.29, 1.82) is 0 Å². The van der Waals surface area contributed by atoms with Crippen LogP contribution in [-0.4, -0.2) is 44.3 Å². The summed E-state index contributed by atoms with van der Waals surface area (Å²) in [6, 6.07) is 7.31. The first-order valence-electron chi connectivity index (χ1n) is 7.81. The SMILES string of the molecule is COc1cc(CNC2CCN(C(C)C)CC2)cc(OC)c1. The van der Waals surface area contributed by atoms with Crippen molar-refractivity contribution in [2.45, 2.75) is 45.3 Å². The predicted molar refractivity (Wildman–Crippen MR) is 86.1 cm³/mol. The fourth-order valence-corrected chi connectivity index (χ4v) is 2.85. The van der Waals surface area contributed by atoms with E-state index in [0.29, 0.717) is 12.1 Å². The van der Waals surface area contributed by atoms with Crippen molar-refractivity contribution in [3.05, 3.63) is 23.8 Å². The lowest BCUT2D eigenvalue weighted by Gasteiger charge is -2.35. The summed E-state index contributed by atoms with van der Waals surface area (Å²) in [6.45, 7) is 7.79. The molecule has 0 atom stereocenters. The second kappa shape index (κ2) is 7.66. The number of benzene rings is 1. The molecular formula is C17H28N2O2. The molecule has 1 aliphatic rings. The summed E-state index contributed by atoms with van der Waals surface area (Å²) in [7, 11) is 3.38. The van der Waals surface area contributed by atoms with Gasteiger partial charge in [0, 0.05) is 24.7 Å². The Morgan fingerprint density at radius 1 is 1.10 bits per heavy atom. The van der Waals surface area contributed by atoms with E-state index in [9.17, 15) is 0 Å². The molecule has 1 saturated heterocycles. The first-order valence-corrected chi connectivity index (χ1v) is 7.81. The summed E-state index contributed by atoms with van der Waals surface area (Å²) >= 11 is 0. The van der Waals surface area contributed by atoms with E-state index in [-0.39, 0.29) is 0 Å². The third-order valence-corrected chi connectivity index (χ3v) is 4.27. The van der Waals surface area contributed by atoms with Crippen molar-refractivity contribution < 1.29 is 9.47 Å². The third kappa shape index (κ3) is 4.61. The van der Waals surface area contributed by atoms with Crippen molar-refractivity contribution >= 4 is 0 Å². The van der Waals surface area contributed by atoms with Crippen LogP contribution in [0.25, 0.3) is 0 Å². The molecule has 118 valence electrons. The smallest absolute Gasteiger partial charge is 0.122 e. The monoisotopic (exact) mass is 292 g/mol. The van der Waals surface area contributed by atoms with Crippen LogP contribution in [0.15, 0.2) is 18.2 Å². The lowest BCUT2D eigenvalue weighted by Crippen LogP contribution is -2.44. The Labute approximate surface area is 128 Å². The van der Waals surface area contributed by atoms with Crippen molar-refractivity contribution in [2.24, 2.45) is 0 Å². The summed E-state index contributed by atoms with van der Waals surface area (Å²) in [6.07, 6.45) is 2.44. The summed E-state index contributed by atoms with van der Waals surface area (Å²) in [5.74, 6) is 1.70. The van der Waals surface area contributed by atoms with Crippen LogP contribution in [0.3, 0.4) is 0 Å². The molecule has 0 unspecified atom stereocenters. The van der Waals surface area contributed by atoms with Crippen LogP contribution in [0.1, 0.15) is 32.3 Å². The Morgan fingerprint density at radius 2 is 1.67 bits per heavy atom. The van der Waals surface area contributed by atoms with Crippen molar-refractivity contribution in [1.82, 2.24) is 10.2 Å². The van der Waals surface area contributed by atoms with Gasteiger partial charge in [0.15, 0.2) is 0 Å². The zero-order chi connectivity index (χ0) is 15.2. The largest absolute Gasteiger partial charge is 0.497 e. The van der Waals surface area contributed by atoms with Crippen LogP contribution in [0.4, 0.5) is 0 Å². The molecule has 0 bridgehead atoms. The van der Waals surface area contributed by atoms with Gasteiger partial charge < -0.3 is 19.7 Å². The van der Waals surface area contributed by atoms with Gasteiger partial charge in [-0.25, -0.2) is 0 Å². The van der Waals surface area contributed by atoms with Gasteiger partial charge in [-0.3, -0.25) is 0 Å². The molecule has 1 aliphatic heterocycles. The van der Waals surface area contributed by atoms with Crippen LogP contribution in [0.5, 0.6) is 11.5 Å². The van der Waals surface area contributed by atoms with Gasteiger partial charge in [-0.05, 0) is 57.5 Å². The van der Waals surface area contributed by atoms with Crippen LogP contribution in [0, 0.1) is 0 Å². The van der Waals surface area contributed by atoms with Gasteiger partial charge in [0.1, 0.15) is 11.5 Å². The average Bonchev–Trinajstić information content (AvgIpc) is 2.52. The van der Waals surface area contributed by atoms with E-state index in [1.54, 1.807) is 14.2 Å². The minimum atomic E-state index is 0.609. The number of nitrogens with zero attached hydrogens (tertiary/aromatic N) is 1. The number of likely N-dealkylation sites (tertiary alicyclic amines) is 1. The fraction of sp³-hybridized carbons (Fsp3) is 0.647. The number of nitrogens with one attached hydrogen (secondary N) is 1. The standard InChI is InChI=1S/C17H28N2O2/c1-13(2)19-7-5-15(6-8-19)18-12-14-9-16(20-3)11-17(10-14)21-4/h9-11,13,15,18H,5-8,12H2,1-4H3. The second-order valence-corrected chi connectivity index (χ2v) is 6.01. The summed E-state index contributed by atoms with van der Waals surface area (Å²) in [5.41, 5.74) is 1.21. The maximum absolute atomic E-state index is 5.32. The van der Waals surface area contributed by atoms with Gasteiger partial charge in [0.25, 0.3) is 0 Å². The Morgan fingerprint density at radius 3 is 2.14 bits per heavy atom. The zero-order valence-electron chi connectivity index (χ0n) is 13.7. The molecule has 2 rings (SSSR count). The van der Waals surface area contributed by atoms with E-state index in [2.05, 4.69) is 36.2 Å². The molecule has 0 radical (unpaired) electrons. The highest BCUT2D eigenvalue weighted by Crippen LogP contribution is 2.23. The van der Waals surface area contributed by atoms with E-state index in [0.717, 1.165) is 18.0 Å². The Bertz CT molecular complexity index is 418. The molecule has 0 amide bonds. The maximum atomic E-state index is 5.32. The lowest BCUT2D eigenvalue weighted by molar-refractivity contribution is 0.161. The Hall–Kier alpha value is -1.26. The molecule has 4 nitrogen and oxygen atoms in total. The summed E-state index contributed by atoms with van der Waals surface area (Å²) in [5, 5.41) is 3.66. The summed E-state index contributed by atoms with van der Waals surface area (Å²) in [4.78, 5) is 2.55. The number of ether oxygens (including phenoxy) is 2. The van der Waals surface area contributed by atoms with E-state index >= 15 is 0 Å². The molecule has 21 heavy (non-hydrogen) atoms. The highest BCUT2D eigenvalue weighted by atomic mass is 16.5. The highest BCUT2D eigenvalue weighted by Gasteiger charge is 2.20. The van der Waals surface area contributed by atoms with Gasteiger partial charge in [-0.15, -0.1) is 0 Å². The highest BCUT2D eigenvalue weighted by molar-refractivity contribution is 5.38. The molecule has 1 N–H and O–H groups in total. The van der Waals surface area contributed by atoms with Crippen molar-refractivity contribution in [3.63, 3.8) is 0 Å².